The number of benzene rings is 2. The molecular formula is C14H11ClF2N2O. The van der Waals surface area contributed by atoms with Crippen molar-refractivity contribution < 1.29 is 13.6 Å². The van der Waals surface area contributed by atoms with E-state index in [2.05, 4.69) is 10.6 Å². The van der Waals surface area contributed by atoms with Crippen LogP contribution in [0.2, 0.25) is 5.02 Å². The van der Waals surface area contributed by atoms with E-state index in [9.17, 15) is 13.6 Å². The first-order valence-electron chi connectivity index (χ1n) is 5.75. The minimum absolute atomic E-state index is 0.0225. The molecule has 0 atom stereocenters. The fourth-order valence-corrected chi connectivity index (χ4v) is 1.91. The second-order valence-corrected chi connectivity index (χ2v) is 4.43. The SMILES string of the molecule is CNc1c(F)cccc1C(=O)Nc1ccc(Cl)cc1F. The first kappa shape index (κ1) is 14.3. The average molecular weight is 297 g/mol. The van der Waals surface area contributed by atoms with E-state index in [0.29, 0.717) is 0 Å². The van der Waals surface area contributed by atoms with Crippen LogP contribution in [0, 0.1) is 11.6 Å². The van der Waals surface area contributed by atoms with Gasteiger partial charge in [-0.05, 0) is 30.3 Å². The third kappa shape index (κ3) is 2.88. The highest BCUT2D eigenvalue weighted by molar-refractivity contribution is 6.30. The molecule has 0 unspecified atom stereocenters. The van der Waals surface area contributed by atoms with Crippen LogP contribution in [0.1, 0.15) is 10.4 Å². The van der Waals surface area contributed by atoms with Crippen molar-refractivity contribution in [2.45, 2.75) is 0 Å². The van der Waals surface area contributed by atoms with Crippen molar-refractivity contribution in [2.75, 3.05) is 17.7 Å². The van der Waals surface area contributed by atoms with Gasteiger partial charge in [-0.1, -0.05) is 17.7 Å². The number of carbonyl (C=O) groups excluding carboxylic acids is 1. The van der Waals surface area contributed by atoms with Crippen LogP contribution in [-0.2, 0) is 0 Å². The van der Waals surface area contributed by atoms with E-state index >= 15 is 0 Å². The van der Waals surface area contributed by atoms with E-state index in [1.54, 1.807) is 0 Å². The molecule has 0 saturated carbocycles. The van der Waals surface area contributed by atoms with Crippen LogP contribution < -0.4 is 10.6 Å². The van der Waals surface area contributed by atoms with E-state index in [1.807, 2.05) is 0 Å². The summed E-state index contributed by atoms with van der Waals surface area (Å²) in [4.78, 5) is 12.1. The molecule has 2 rings (SSSR count). The lowest BCUT2D eigenvalue weighted by molar-refractivity contribution is 0.102. The number of amides is 1. The number of carbonyl (C=O) groups is 1. The molecule has 2 aromatic rings. The van der Waals surface area contributed by atoms with Gasteiger partial charge in [-0.15, -0.1) is 0 Å². The summed E-state index contributed by atoms with van der Waals surface area (Å²) >= 11 is 5.63. The van der Waals surface area contributed by atoms with Crippen LogP contribution in [0.4, 0.5) is 20.2 Å². The van der Waals surface area contributed by atoms with Crippen LogP contribution in [0.15, 0.2) is 36.4 Å². The Morgan fingerprint density at radius 1 is 1.15 bits per heavy atom. The average Bonchev–Trinajstić information content (AvgIpc) is 2.41. The van der Waals surface area contributed by atoms with Crippen molar-refractivity contribution in [1.29, 1.82) is 0 Å². The molecule has 0 aliphatic heterocycles. The van der Waals surface area contributed by atoms with E-state index in [-0.39, 0.29) is 22.0 Å². The molecule has 2 aromatic carbocycles. The topological polar surface area (TPSA) is 41.1 Å². The molecule has 20 heavy (non-hydrogen) atoms. The Kier molecular flexibility index (Phi) is 4.20. The van der Waals surface area contributed by atoms with Gasteiger partial charge in [0.1, 0.15) is 11.6 Å². The highest BCUT2D eigenvalue weighted by Gasteiger charge is 2.15. The van der Waals surface area contributed by atoms with Gasteiger partial charge in [0, 0.05) is 12.1 Å². The smallest absolute Gasteiger partial charge is 0.257 e. The largest absolute Gasteiger partial charge is 0.385 e. The Morgan fingerprint density at radius 3 is 2.55 bits per heavy atom. The van der Waals surface area contributed by atoms with E-state index < -0.39 is 17.5 Å². The Labute approximate surface area is 119 Å². The first-order valence-corrected chi connectivity index (χ1v) is 6.13. The fraction of sp³-hybridized carbons (Fsp3) is 0.0714. The van der Waals surface area contributed by atoms with Gasteiger partial charge < -0.3 is 10.6 Å². The Hall–Kier alpha value is -2.14. The summed E-state index contributed by atoms with van der Waals surface area (Å²) in [6.07, 6.45) is 0. The van der Waals surface area contributed by atoms with Gasteiger partial charge in [0.25, 0.3) is 5.91 Å². The zero-order valence-electron chi connectivity index (χ0n) is 10.5. The van der Waals surface area contributed by atoms with Crippen LogP contribution in [-0.4, -0.2) is 13.0 Å². The zero-order valence-corrected chi connectivity index (χ0v) is 11.3. The minimum Gasteiger partial charge on any atom is -0.385 e. The summed E-state index contributed by atoms with van der Waals surface area (Å²) in [5, 5.41) is 5.20. The van der Waals surface area contributed by atoms with Gasteiger partial charge in [0.15, 0.2) is 0 Å². The van der Waals surface area contributed by atoms with E-state index in [4.69, 9.17) is 11.6 Å². The van der Waals surface area contributed by atoms with Crippen molar-refractivity contribution in [3.8, 4) is 0 Å². The molecule has 0 spiro atoms. The lowest BCUT2D eigenvalue weighted by atomic mass is 10.1. The summed E-state index contributed by atoms with van der Waals surface area (Å²) in [6.45, 7) is 0. The number of para-hydroxylation sites is 1. The van der Waals surface area contributed by atoms with Crippen molar-refractivity contribution in [3.63, 3.8) is 0 Å². The lowest BCUT2D eigenvalue weighted by Crippen LogP contribution is -2.15. The number of hydrogen-bond donors (Lipinski definition) is 2. The number of anilines is 2. The van der Waals surface area contributed by atoms with Crippen LogP contribution in [0.25, 0.3) is 0 Å². The third-order valence-electron chi connectivity index (χ3n) is 2.69. The maximum absolute atomic E-state index is 13.6. The molecule has 0 fully saturated rings. The molecule has 2 N–H and O–H groups in total. The quantitative estimate of drug-likeness (QED) is 0.901. The molecule has 0 aromatic heterocycles. The highest BCUT2D eigenvalue weighted by Crippen LogP contribution is 2.23. The third-order valence-corrected chi connectivity index (χ3v) is 2.92. The molecule has 0 radical (unpaired) electrons. The Balaban J connectivity index is 2.31. The standard InChI is InChI=1S/C14H11ClF2N2O/c1-18-13-9(3-2-4-10(13)16)14(20)19-12-6-5-8(15)7-11(12)17/h2-7,18H,1H3,(H,19,20). The number of hydrogen-bond acceptors (Lipinski definition) is 2. The van der Waals surface area contributed by atoms with Crippen molar-refractivity contribution in [2.24, 2.45) is 0 Å². The van der Waals surface area contributed by atoms with Crippen LogP contribution in [0.5, 0.6) is 0 Å². The Morgan fingerprint density at radius 2 is 1.90 bits per heavy atom. The number of nitrogens with one attached hydrogen (secondary N) is 2. The monoisotopic (exact) mass is 296 g/mol. The Bertz CT molecular complexity index is 662. The van der Waals surface area contributed by atoms with E-state index in [1.165, 1.54) is 37.4 Å². The predicted octanol–water partition coefficient (Wildman–Crippen LogP) is 3.91. The fourth-order valence-electron chi connectivity index (χ4n) is 1.75. The van der Waals surface area contributed by atoms with Gasteiger partial charge in [-0.3, -0.25) is 4.79 Å². The van der Waals surface area contributed by atoms with Crippen molar-refractivity contribution in [3.05, 3.63) is 58.6 Å². The summed E-state index contributed by atoms with van der Waals surface area (Å²) in [5.74, 6) is -1.83. The summed E-state index contributed by atoms with van der Waals surface area (Å²) in [6, 6.07) is 7.95. The number of halogens is 3. The molecule has 0 aliphatic rings. The van der Waals surface area contributed by atoms with Crippen molar-refractivity contribution in [1.82, 2.24) is 0 Å². The van der Waals surface area contributed by atoms with Gasteiger partial charge in [-0.2, -0.15) is 0 Å². The van der Waals surface area contributed by atoms with Gasteiger partial charge in [-0.25, -0.2) is 8.78 Å². The summed E-state index contributed by atoms with van der Waals surface area (Å²) in [5.41, 5.74) is 0.118. The minimum atomic E-state index is -0.659. The maximum atomic E-state index is 13.6. The second kappa shape index (κ2) is 5.88. The van der Waals surface area contributed by atoms with E-state index in [0.717, 1.165) is 6.07 Å². The molecular weight excluding hydrogens is 286 g/mol. The molecule has 0 bridgehead atoms. The molecule has 0 heterocycles. The molecule has 104 valence electrons. The summed E-state index contributed by atoms with van der Waals surface area (Å²) in [7, 11) is 1.50. The molecule has 3 nitrogen and oxygen atoms in total. The molecule has 0 aliphatic carbocycles. The van der Waals surface area contributed by atoms with Crippen LogP contribution >= 0.6 is 11.6 Å². The second-order valence-electron chi connectivity index (χ2n) is 3.99. The van der Waals surface area contributed by atoms with Crippen LogP contribution in [0.3, 0.4) is 0 Å². The van der Waals surface area contributed by atoms with Gasteiger partial charge >= 0.3 is 0 Å². The first-order chi connectivity index (χ1) is 9.52. The van der Waals surface area contributed by atoms with Gasteiger partial charge in [0.2, 0.25) is 0 Å². The predicted molar refractivity (Wildman–Crippen MR) is 75.3 cm³/mol. The maximum Gasteiger partial charge on any atom is 0.257 e. The molecule has 6 heteroatoms. The highest BCUT2D eigenvalue weighted by atomic mass is 35.5. The normalized spacial score (nSPS) is 10.2. The summed E-state index contributed by atoms with van der Waals surface area (Å²) < 4.78 is 27.1. The molecule has 0 saturated heterocycles. The van der Waals surface area contributed by atoms with Crippen molar-refractivity contribution >= 4 is 28.9 Å². The lowest BCUT2D eigenvalue weighted by Gasteiger charge is -2.11. The van der Waals surface area contributed by atoms with Gasteiger partial charge in [0.05, 0.1) is 16.9 Å². The zero-order chi connectivity index (χ0) is 14.7. The number of rotatable bonds is 3. The molecule has 1 amide bonds.